The predicted molar refractivity (Wildman–Crippen MR) is 71.7 cm³/mol. The van der Waals surface area contributed by atoms with Crippen molar-refractivity contribution < 1.29 is 20.1 Å². The molecule has 0 aromatic heterocycles. The molecule has 0 unspecified atom stereocenters. The smallest absolute Gasteiger partial charge is 0.186 e. The van der Waals surface area contributed by atoms with Crippen LogP contribution >= 0.6 is 0 Å². The lowest BCUT2D eigenvalue weighted by molar-refractivity contribution is -0.111. The van der Waals surface area contributed by atoms with Gasteiger partial charge in [0.15, 0.2) is 5.78 Å². The Morgan fingerprint density at radius 2 is 1.79 bits per heavy atom. The second-order valence-electron chi connectivity index (χ2n) is 4.35. The Bertz CT molecular complexity index is 601. The van der Waals surface area contributed by atoms with Crippen LogP contribution in [0.4, 0.5) is 0 Å². The van der Waals surface area contributed by atoms with Crippen molar-refractivity contribution in [2.75, 3.05) is 6.61 Å². The molecule has 0 bridgehead atoms. The predicted octanol–water partition coefficient (Wildman–Crippen LogP) is 1.93. The minimum absolute atomic E-state index is 0.121. The van der Waals surface area contributed by atoms with Gasteiger partial charge in [0, 0.05) is 5.57 Å². The fourth-order valence-corrected chi connectivity index (χ4v) is 1.97. The third-order valence-electron chi connectivity index (χ3n) is 2.89. The summed E-state index contributed by atoms with van der Waals surface area (Å²) < 4.78 is 0. The number of benzene rings is 1. The fraction of sp³-hybridized carbons (Fsp3) is 0.133. The van der Waals surface area contributed by atoms with Gasteiger partial charge >= 0.3 is 0 Å². The lowest BCUT2D eigenvalue weighted by Crippen LogP contribution is -2.10. The molecule has 2 rings (SSSR count). The van der Waals surface area contributed by atoms with E-state index in [2.05, 4.69) is 0 Å². The van der Waals surface area contributed by atoms with E-state index in [-0.39, 0.29) is 35.0 Å². The van der Waals surface area contributed by atoms with Crippen LogP contribution in [0, 0.1) is 0 Å². The average Bonchev–Trinajstić information content (AvgIpc) is 2.35. The van der Waals surface area contributed by atoms with E-state index in [1.165, 1.54) is 30.4 Å². The molecule has 0 aliphatic heterocycles. The van der Waals surface area contributed by atoms with Gasteiger partial charge in [0.25, 0.3) is 0 Å². The maximum Gasteiger partial charge on any atom is 0.186 e. The third kappa shape index (κ3) is 2.58. The number of hydrogen-bond donors (Lipinski definition) is 3. The van der Waals surface area contributed by atoms with Crippen LogP contribution in [0.5, 0.6) is 11.5 Å². The largest absolute Gasteiger partial charge is 0.507 e. The van der Waals surface area contributed by atoms with Gasteiger partial charge in [-0.2, -0.15) is 0 Å². The molecule has 0 radical (unpaired) electrons. The van der Waals surface area contributed by atoms with E-state index in [0.717, 1.165) is 5.57 Å². The Hall–Kier alpha value is -2.33. The molecule has 19 heavy (non-hydrogen) atoms. The second-order valence-corrected chi connectivity index (χ2v) is 4.35. The highest BCUT2D eigenvalue weighted by Crippen LogP contribution is 2.31. The number of ketones is 1. The molecule has 98 valence electrons. The maximum atomic E-state index is 11.9. The summed E-state index contributed by atoms with van der Waals surface area (Å²) in [4.78, 5) is 11.9. The molecule has 0 spiro atoms. The summed E-state index contributed by atoms with van der Waals surface area (Å²) in [6, 6.07) is 4.34. The number of aliphatic hydroxyl groups excluding tert-OH is 1. The van der Waals surface area contributed by atoms with E-state index in [1.54, 1.807) is 13.0 Å². The molecule has 1 aromatic carbocycles. The SMILES string of the molecule is CC1=CC(=O)C(=Cc2c(O)cccc2O)C(CO)=C1. The molecule has 4 heteroatoms. The lowest BCUT2D eigenvalue weighted by Gasteiger charge is -2.13. The van der Waals surface area contributed by atoms with Crippen molar-refractivity contribution in [3.63, 3.8) is 0 Å². The summed E-state index contributed by atoms with van der Waals surface area (Å²) in [5.74, 6) is -0.501. The number of carbonyl (C=O) groups is 1. The maximum absolute atomic E-state index is 11.9. The Morgan fingerprint density at radius 3 is 2.37 bits per heavy atom. The number of phenolic OH excluding ortho intramolecular Hbond substituents is 2. The zero-order valence-electron chi connectivity index (χ0n) is 10.4. The number of allylic oxidation sites excluding steroid dienone is 3. The highest BCUT2D eigenvalue weighted by atomic mass is 16.3. The van der Waals surface area contributed by atoms with E-state index < -0.39 is 0 Å². The molecule has 0 saturated carbocycles. The van der Waals surface area contributed by atoms with E-state index in [1.807, 2.05) is 0 Å². The van der Waals surface area contributed by atoms with Crippen molar-refractivity contribution in [1.82, 2.24) is 0 Å². The Balaban J connectivity index is 2.54. The van der Waals surface area contributed by atoms with Crippen LogP contribution in [0.1, 0.15) is 12.5 Å². The number of carbonyl (C=O) groups excluding carboxylic acids is 1. The molecule has 4 nitrogen and oxygen atoms in total. The van der Waals surface area contributed by atoms with Crippen LogP contribution in [0.3, 0.4) is 0 Å². The normalized spacial score (nSPS) is 17.4. The quantitative estimate of drug-likeness (QED) is 0.708. The molecule has 0 atom stereocenters. The fourth-order valence-electron chi connectivity index (χ4n) is 1.97. The Morgan fingerprint density at radius 1 is 1.16 bits per heavy atom. The number of phenols is 2. The van der Waals surface area contributed by atoms with E-state index in [0.29, 0.717) is 5.57 Å². The van der Waals surface area contributed by atoms with Gasteiger partial charge in [-0.25, -0.2) is 0 Å². The molecular weight excluding hydrogens is 244 g/mol. The molecular formula is C15H14O4. The molecule has 0 amide bonds. The van der Waals surface area contributed by atoms with Crippen molar-refractivity contribution in [2.45, 2.75) is 6.92 Å². The molecule has 3 N–H and O–H groups in total. The van der Waals surface area contributed by atoms with Gasteiger partial charge in [0.2, 0.25) is 0 Å². The van der Waals surface area contributed by atoms with Crippen LogP contribution in [-0.4, -0.2) is 27.7 Å². The minimum Gasteiger partial charge on any atom is -0.507 e. The van der Waals surface area contributed by atoms with Gasteiger partial charge in [0.05, 0.1) is 12.2 Å². The van der Waals surface area contributed by atoms with Gasteiger partial charge in [0.1, 0.15) is 11.5 Å². The van der Waals surface area contributed by atoms with E-state index in [4.69, 9.17) is 0 Å². The zero-order chi connectivity index (χ0) is 14.0. The molecule has 1 aromatic rings. The summed E-state index contributed by atoms with van der Waals surface area (Å²) in [5.41, 5.74) is 1.66. The lowest BCUT2D eigenvalue weighted by atomic mass is 9.92. The van der Waals surface area contributed by atoms with Crippen LogP contribution in [0.15, 0.2) is 47.1 Å². The van der Waals surface area contributed by atoms with Crippen molar-refractivity contribution >= 4 is 11.9 Å². The first-order chi connectivity index (χ1) is 9.02. The highest BCUT2D eigenvalue weighted by molar-refractivity contribution is 6.12. The summed E-state index contributed by atoms with van der Waals surface area (Å²) in [6.07, 6.45) is 4.53. The van der Waals surface area contributed by atoms with Crippen molar-refractivity contribution in [3.05, 3.63) is 52.6 Å². The molecule has 0 saturated heterocycles. The standard InChI is InChI=1S/C15H14O4/c1-9-5-10(8-16)11(15(19)6-9)7-12-13(17)3-2-4-14(12)18/h2-7,16-18H,8H2,1H3. The van der Waals surface area contributed by atoms with Gasteiger partial charge < -0.3 is 15.3 Å². The Labute approximate surface area is 110 Å². The second kappa shape index (κ2) is 5.12. The molecule has 0 heterocycles. The van der Waals surface area contributed by atoms with Crippen LogP contribution in [0.25, 0.3) is 6.08 Å². The van der Waals surface area contributed by atoms with Crippen molar-refractivity contribution in [3.8, 4) is 11.5 Å². The van der Waals surface area contributed by atoms with Gasteiger partial charge in [-0.1, -0.05) is 12.1 Å². The van der Waals surface area contributed by atoms with Gasteiger partial charge in [-0.3, -0.25) is 4.79 Å². The molecule has 1 aliphatic rings. The number of aromatic hydroxyl groups is 2. The van der Waals surface area contributed by atoms with E-state index in [9.17, 15) is 20.1 Å². The molecule has 0 fully saturated rings. The number of hydrogen-bond acceptors (Lipinski definition) is 4. The first kappa shape index (κ1) is 13.1. The zero-order valence-corrected chi connectivity index (χ0v) is 10.4. The van der Waals surface area contributed by atoms with Crippen molar-refractivity contribution in [1.29, 1.82) is 0 Å². The van der Waals surface area contributed by atoms with Gasteiger partial charge in [-0.05, 0) is 42.4 Å². The number of aliphatic hydroxyl groups is 1. The van der Waals surface area contributed by atoms with Crippen LogP contribution in [-0.2, 0) is 4.79 Å². The van der Waals surface area contributed by atoms with Crippen molar-refractivity contribution in [2.24, 2.45) is 0 Å². The topological polar surface area (TPSA) is 77.8 Å². The first-order valence-electron chi connectivity index (χ1n) is 5.80. The monoisotopic (exact) mass is 258 g/mol. The van der Waals surface area contributed by atoms with Gasteiger partial charge in [-0.15, -0.1) is 0 Å². The first-order valence-corrected chi connectivity index (χ1v) is 5.80. The van der Waals surface area contributed by atoms with Crippen LogP contribution < -0.4 is 0 Å². The minimum atomic E-state index is -0.281. The highest BCUT2D eigenvalue weighted by Gasteiger charge is 2.18. The summed E-state index contributed by atoms with van der Waals surface area (Å²) in [7, 11) is 0. The van der Waals surface area contributed by atoms with Crippen LogP contribution in [0.2, 0.25) is 0 Å². The Kier molecular flexibility index (Phi) is 3.53. The summed E-state index contributed by atoms with van der Waals surface area (Å²) in [5, 5.41) is 28.7. The molecule has 1 aliphatic carbocycles. The third-order valence-corrected chi connectivity index (χ3v) is 2.89. The average molecular weight is 258 g/mol. The van der Waals surface area contributed by atoms with E-state index >= 15 is 0 Å². The number of rotatable bonds is 2. The summed E-state index contributed by atoms with van der Waals surface area (Å²) in [6.45, 7) is 1.49. The summed E-state index contributed by atoms with van der Waals surface area (Å²) >= 11 is 0.